The lowest BCUT2D eigenvalue weighted by Gasteiger charge is -2.33. The highest BCUT2D eigenvalue weighted by molar-refractivity contribution is 5.76. The van der Waals surface area contributed by atoms with Gasteiger partial charge in [-0.3, -0.25) is 9.48 Å². The number of aryl methyl sites for hydroxylation is 1. The first-order valence-electron chi connectivity index (χ1n) is 9.13. The Bertz CT molecular complexity index is 790. The van der Waals surface area contributed by atoms with Crippen LogP contribution in [0.3, 0.4) is 0 Å². The summed E-state index contributed by atoms with van der Waals surface area (Å²) in [5.41, 5.74) is 3.22. The first-order chi connectivity index (χ1) is 12.7. The molecule has 2 aliphatic rings. The Kier molecular flexibility index (Phi) is 4.83. The van der Waals surface area contributed by atoms with Crippen LogP contribution in [-0.4, -0.2) is 51.4 Å². The van der Waals surface area contributed by atoms with Crippen molar-refractivity contribution in [2.24, 2.45) is 0 Å². The maximum atomic E-state index is 12.3. The normalized spacial score (nSPS) is 19.9. The van der Waals surface area contributed by atoms with Gasteiger partial charge in [0.15, 0.2) is 0 Å². The molecule has 8 heteroatoms. The molecule has 0 bridgehead atoms. The smallest absolute Gasteiger partial charge is 0.242 e. The molecule has 1 amide bonds. The van der Waals surface area contributed by atoms with E-state index in [9.17, 15) is 4.79 Å². The van der Waals surface area contributed by atoms with Gasteiger partial charge in [0.1, 0.15) is 6.54 Å². The van der Waals surface area contributed by atoms with Gasteiger partial charge in [-0.25, -0.2) is 9.97 Å². The molecule has 0 aromatic carbocycles. The molecule has 26 heavy (non-hydrogen) atoms. The third-order valence-electron chi connectivity index (χ3n) is 4.82. The Morgan fingerprint density at radius 1 is 1.42 bits per heavy atom. The van der Waals surface area contributed by atoms with Crippen molar-refractivity contribution in [2.75, 3.05) is 24.6 Å². The Hall–Kier alpha value is -2.48. The average Bonchev–Trinajstić information content (AvgIpc) is 3.06. The van der Waals surface area contributed by atoms with Gasteiger partial charge < -0.3 is 15.0 Å². The van der Waals surface area contributed by atoms with Gasteiger partial charge in [0.25, 0.3) is 0 Å². The summed E-state index contributed by atoms with van der Waals surface area (Å²) < 4.78 is 7.11. The predicted molar refractivity (Wildman–Crippen MR) is 95.7 cm³/mol. The highest BCUT2D eigenvalue weighted by atomic mass is 16.5. The van der Waals surface area contributed by atoms with Crippen LogP contribution >= 0.6 is 0 Å². The number of ether oxygens (including phenoxy) is 1. The van der Waals surface area contributed by atoms with Gasteiger partial charge in [-0.1, -0.05) is 0 Å². The number of anilines is 1. The fraction of sp³-hybridized carbons (Fsp3) is 0.556. The SMILES string of the molecule is Cc1cnn(CC(=O)N[C@H]2CCCN(c3ncc4c(n3)CCOC4)C2)c1. The lowest BCUT2D eigenvalue weighted by Crippen LogP contribution is -2.49. The Balaban J connectivity index is 1.37. The maximum absolute atomic E-state index is 12.3. The van der Waals surface area contributed by atoms with Crippen LogP contribution in [0.15, 0.2) is 18.6 Å². The maximum Gasteiger partial charge on any atom is 0.242 e. The van der Waals surface area contributed by atoms with Crippen LogP contribution in [0.4, 0.5) is 5.95 Å². The number of rotatable bonds is 4. The third kappa shape index (κ3) is 3.85. The van der Waals surface area contributed by atoms with E-state index in [0.29, 0.717) is 6.61 Å². The Morgan fingerprint density at radius 3 is 3.19 bits per heavy atom. The topological polar surface area (TPSA) is 85.2 Å². The standard InChI is InChI=1S/C18H24N6O2/c1-13-7-20-24(9-13)11-17(25)21-15-3-2-5-23(10-15)18-19-8-14-12-26-6-4-16(14)22-18/h7-9,15H,2-6,10-12H2,1H3,(H,21,25)/t15-/m0/s1. The van der Waals surface area contributed by atoms with E-state index in [1.54, 1.807) is 10.9 Å². The minimum Gasteiger partial charge on any atom is -0.376 e. The molecule has 8 nitrogen and oxygen atoms in total. The van der Waals surface area contributed by atoms with E-state index in [0.717, 1.165) is 61.7 Å². The molecule has 0 spiro atoms. The summed E-state index contributed by atoms with van der Waals surface area (Å²) in [4.78, 5) is 23.7. The molecule has 0 unspecified atom stereocenters. The number of carbonyl (C=O) groups excluding carboxylic acids is 1. The number of aromatic nitrogens is 4. The third-order valence-corrected chi connectivity index (χ3v) is 4.82. The molecule has 4 rings (SSSR count). The van der Waals surface area contributed by atoms with Crippen molar-refractivity contribution in [1.82, 2.24) is 25.1 Å². The van der Waals surface area contributed by atoms with Crippen molar-refractivity contribution < 1.29 is 9.53 Å². The summed E-state index contributed by atoms with van der Waals surface area (Å²) >= 11 is 0. The zero-order chi connectivity index (χ0) is 17.9. The first-order valence-corrected chi connectivity index (χ1v) is 9.13. The van der Waals surface area contributed by atoms with E-state index in [-0.39, 0.29) is 18.5 Å². The lowest BCUT2D eigenvalue weighted by atomic mass is 10.1. The van der Waals surface area contributed by atoms with Gasteiger partial charge in [0.2, 0.25) is 11.9 Å². The molecule has 1 atom stereocenters. The number of carbonyl (C=O) groups is 1. The van der Waals surface area contributed by atoms with E-state index < -0.39 is 0 Å². The van der Waals surface area contributed by atoms with Crippen molar-refractivity contribution in [3.63, 3.8) is 0 Å². The summed E-state index contributed by atoms with van der Waals surface area (Å²) in [7, 11) is 0. The Labute approximate surface area is 152 Å². The number of piperidine rings is 1. The van der Waals surface area contributed by atoms with Gasteiger partial charge in [0.05, 0.1) is 25.1 Å². The number of fused-ring (bicyclic) bond motifs is 1. The van der Waals surface area contributed by atoms with Crippen LogP contribution in [0.5, 0.6) is 0 Å². The molecule has 0 aliphatic carbocycles. The zero-order valence-corrected chi connectivity index (χ0v) is 15.0. The largest absolute Gasteiger partial charge is 0.376 e. The van der Waals surface area contributed by atoms with Gasteiger partial charge >= 0.3 is 0 Å². The molecule has 4 heterocycles. The van der Waals surface area contributed by atoms with Crippen molar-refractivity contribution in [3.8, 4) is 0 Å². The molecule has 2 aromatic heterocycles. The van der Waals surface area contributed by atoms with E-state index in [1.165, 1.54) is 0 Å². The number of amides is 1. The number of nitrogens with zero attached hydrogens (tertiary/aromatic N) is 5. The van der Waals surface area contributed by atoms with E-state index in [4.69, 9.17) is 9.72 Å². The summed E-state index contributed by atoms with van der Waals surface area (Å²) in [6.45, 7) is 5.18. The molecular weight excluding hydrogens is 332 g/mol. The van der Waals surface area contributed by atoms with Crippen molar-refractivity contribution >= 4 is 11.9 Å². The van der Waals surface area contributed by atoms with Crippen LogP contribution < -0.4 is 10.2 Å². The minimum atomic E-state index is -0.0107. The minimum absolute atomic E-state index is 0.0107. The van der Waals surface area contributed by atoms with Crippen LogP contribution in [0.2, 0.25) is 0 Å². The second-order valence-corrected chi connectivity index (χ2v) is 7.01. The molecule has 0 saturated carbocycles. The molecule has 1 fully saturated rings. The van der Waals surface area contributed by atoms with Crippen molar-refractivity contribution in [1.29, 1.82) is 0 Å². The second kappa shape index (κ2) is 7.41. The molecule has 2 aromatic rings. The zero-order valence-electron chi connectivity index (χ0n) is 15.0. The lowest BCUT2D eigenvalue weighted by molar-refractivity contribution is -0.122. The second-order valence-electron chi connectivity index (χ2n) is 7.01. The molecule has 0 radical (unpaired) electrons. The number of hydrogen-bond acceptors (Lipinski definition) is 6. The molecule has 1 N–H and O–H groups in total. The average molecular weight is 356 g/mol. The summed E-state index contributed by atoms with van der Waals surface area (Å²) in [5.74, 6) is 0.746. The summed E-state index contributed by atoms with van der Waals surface area (Å²) in [6.07, 6.45) is 8.32. The van der Waals surface area contributed by atoms with Gasteiger partial charge in [-0.15, -0.1) is 0 Å². The van der Waals surface area contributed by atoms with E-state index in [1.807, 2.05) is 19.3 Å². The van der Waals surface area contributed by atoms with E-state index in [2.05, 4.69) is 20.3 Å². The fourth-order valence-electron chi connectivity index (χ4n) is 3.52. The Morgan fingerprint density at radius 2 is 2.35 bits per heavy atom. The molecule has 138 valence electrons. The molecule has 2 aliphatic heterocycles. The monoisotopic (exact) mass is 356 g/mol. The van der Waals surface area contributed by atoms with Crippen LogP contribution in [0.1, 0.15) is 29.7 Å². The highest BCUT2D eigenvalue weighted by Gasteiger charge is 2.24. The summed E-state index contributed by atoms with van der Waals surface area (Å²) in [5, 5.41) is 7.29. The van der Waals surface area contributed by atoms with Crippen LogP contribution in [-0.2, 0) is 29.1 Å². The first kappa shape index (κ1) is 17.0. The van der Waals surface area contributed by atoms with Crippen molar-refractivity contribution in [3.05, 3.63) is 35.4 Å². The van der Waals surface area contributed by atoms with Gasteiger partial charge in [-0.05, 0) is 25.3 Å². The number of hydrogen-bond donors (Lipinski definition) is 1. The fourth-order valence-corrected chi connectivity index (χ4v) is 3.52. The van der Waals surface area contributed by atoms with Crippen molar-refractivity contribution in [2.45, 2.75) is 45.4 Å². The van der Waals surface area contributed by atoms with Gasteiger partial charge in [-0.2, -0.15) is 5.10 Å². The number of nitrogens with one attached hydrogen (secondary N) is 1. The predicted octanol–water partition coefficient (Wildman–Crippen LogP) is 0.839. The van der Waals surface area contributed by atoms with E-state index >= 15 is 0 Å². The summed E-state index contributed by atoms with van der Waals surface area (Å²) in [6, 6.07) is 0.107. The van der Waals surface area contributed by atoms with Gasteiger partial charge in [0, 0.05) is 43.5 Å². The quantitative estimate of drug-likeness (QED) is 0.874. The highest BCUT2D eigenvalue weighted by Crippen LogP contribution is 2.20. The molecule has 1 saturated heterocycles. The molecular formula is C18H24N6O2. The van der Waals surface area contributed by atoms with Crippen LogP contribution in [0.25, 0.3) is 0 Å². The van der Waals surface area contributed by atoms with Crippen LogP contribution in [0, 0.1) is 6.92 Å².